The fourth-order valence-corrected chi connectivity index (χ4v) is 4.08. The number of hydrogen-bond acceptors (Lipinski definition) is 6. The minimum absolute atomic E-state index is 0.0620. The van der Waals surface area contributed by atoms with Crippen molar-refractivity contribution < 1.29 is 23.5 Å². The maximum atomic E-state index is 13.3. The number of carbonyl (C=O) groups excluding carboxylic acids is 3. The molecule has 0 bridgehead atoms. The summed E-state index contributed by atoms with van der Waals surface area (Å²) in [6, 6.07) is 9.16. The molecule has 1 N–H and O–H groups in total. The number of pyridine rings is 1. The first-order chi connectivity index (χ1) is 15.2. The number of hydrogen-bond donors (Lipinski definition) is 1. The number of benzene rings is 1. The van der Waals surface area contributed by atoms with Crippen LogP contribution in [-0.2, 0) is 25.7 Å². The van der Waals surface area contributed by atoms with Crippen molar-refractivity contribution in [2.45, 2.75) is 46.1 Å². The van der Waals surface area contributed by atoms with Crippen molar-refractivity contribution in [3.05, 3.63) is 57.4 Å². The third kappa shape index (κ3) is 4.97. The number of fused-ring (bicyclic) bond motifs is 1. The number of nitrogens with zero attached hydrogens (tertiary/aromatic N) is 1. The number of carbonyl (C=O) groups is 3. The van der Waals surface area contributed by atoms with Gasteiger partial charge in [-0.1, -0.05) is 30.3 Å². The molecule has 8 heteroatoms. The highest BCUT2D eigenvalue weighted by Gasteiger charge is 2.32. The van der Waals surface area contributed by atoms with Gasteiger partial charge >= 0.3 is 0 Å². The van der Waals surface area contributed by atoms with Gasteiger partial charge in [-0.25, -0.2) is 4.98 Å². The molecule has 0 saturated carbocycles. The summed E-state index contributed by atoms with van der Waals surface area (Å²) in [5.74, 6) is -1.07. The number of anilines is 1. The molecular weight excluding hydrogens is 476 g/mol. The largest absolute Gasteiger partial charge is 0.439 e. The number of rotatable bonds is 9. The normalized spacial score (nSPS) is 12.0. The van der Waals surface area contributed by atoms with Gasteiger partial charge in [0.15, 0.2) is 0 Å². The van der Waals surface area contributed by atoms with E-state index in [9.17, 15) is 14.4 Å². The maximum absolute atomic E-state index is 13.3. The lowest BCUT2D eigenvalue weighted by molar-refractivity contribution is -0.123. The first kappa shape index (κ1) is 23.8. The number of amides is 1. The molecule has 7 nitrogen and oxygen atoms in total. The van der Waals surface area contributed by atoms with Crippen LogP contribution in [0.25, 0.3) is 11.1 Å². The van der Waals surface area contributed by atoms with E-state index in [0.717, 1.165) is 10.0 Å². The molecule has 0 radical (unpaired) electrons. The molecule has 0 aliphatic rings. The molecule has 1 atom stereocenters. The van der Waals surface area contributed by atoms with Crippen molar-refractivity contribution >= 4 is 50.2 Å². The summed E-state index contributed by atoms with van der Waals surface area (Å²) < 4.78 is 12.3. The molecule has 2 aromatic heterocycles. The van der Waals surface area contributed by atoms with E-state index in [2.05, 4.69) is 26.2 Å². The third-order valence-electron chi connectivity index (χ3n) is 5.10. The molecule has 0 saturated heterocycles. The number of furan rings is 1. The van der Waals surface area contributed by atoms with Crippen molar-refractivity contribution in [2.75, 3.05) is 12.4 Å². The second kappa shape index (κ2) is 10.2. The van der Waals surface area contributed by atoms with Gasteiger partial charge in [0.1, 0.15) is 23.2 Å². The van der Waals surface area contributed by atoms with Gasteiger partial charge in [-0.15, -0.1) is 0 Å². The van der Waals surface area contributed by atoms with Crippen molar-refractivity contribution in [3.8, 4) is 0 Å². The van der Waals surface area contributed by atoms with E-state index in [0.29, 0.717) is 28.0 Å². The summed E-state index contributed by atoms with van der Waals surface area (Å²) in [6.07, 6.45) is 0.197. The molecule has 0 aliphatic heterocycles. The standard InChI is InChI=1S/C24H25BrN2O5/c1-13(28)10-11-18(30)19(16-8-6-5-7-9-16)23-22(27-15(3)29)20-17(12-31-4)21(25)14(2)26-24(20)32-23/h5-9,19H,10-12H2,1-4H3,(H,27,29). The SMILES string of the molecule is COCc1c(Br)c(C)nc2oc(C(C(=O)CCC(C)=O)c3ccccc3)c(NC(C)=O)c12. The lowest BCUT2D eigenvalue weighted by atomic mass is 9.88. The van der Waals surface area contributed by atoms with Crippen molar-refractivity contribution in [1.29, 1.82) is 0 Å². The molecule has 0 spiro atoms. The van der Waals surface area contributed by atoms with Crippen molar-refractivity contribution in [3.63, 3.8) is 0 Å². The number of aryl methyl sites for hydroxylation is 1. The molecule has 2 heterocycles. The highest BCUT2D eigenvalue weighted by Crippen LogP contribution is 2.43. The van der Waals surface area contributed by atoms with Gasteiger partial charge in [-0.05, 0) is 35.3 Å². The van der Waals surface area contributed by atoms with Crippen molar-refractivity contribution in [2.24, 2.45) is 0 Å². The number of ketones is 2. The predicted octanol–water partition coefficient (Wildman–Crippen LogP) is 5.07. The number of ether oxygens (including phenoxy) is 1. The van der Waals surface area contributed by atoms with Gasteiger partial charge in [0.25, 0.3) is 0 Å². The van der Waals surface area contributed by atoms with Crippen LogP contribution in [-0.4, -0.2) is 29.6 Å². The third-order valence-corrected chi connectivity index (χ3v) is 6.15. The second-order valence-corrected chi connectivity index (χ2v) is 8.43. The average molecular weight is 501 g/mol. The number of nitrogens with one attached hydrogen (secondary N) is 1. The smallest absolute Gasteiger partial charge is 0.229 e. The molecular formula is C24H25BrN2O5. The summed E-state index contributed by atoms with van der Waals surface area (Å²) in [5.41, 5.74) is 2.85. The van der Waals surface area contributed by atoms with Crippen LogP contribution in [0.4, 0.5) is 5.69 Å². The highest BCUT2D eigenvalue weighted by molar-refractivity contribution is 9.10. The summed E-state index contributed by atoms with van der Waals surface area (Å²) >= 11 is 3.56. The fourth-order valence-electron chi connectivity index (χ4n) is 3.68. The highest BCUT2D eigenvalue weighted by atomic mass is 79.9. The number of methoxy groups -OCH3 is 1. The van der Waals surface area contributed by atoms with Crippen molar-refractivity contribution in [1.82, 2.24) is 4.98 Å². The Balaban J connectivity index is 2.31. The first-order valence-electron chi connectivity index (χ1n) is 10.2. The van der Waals surface area contributed by atoms with E-state index in [1.807, 2.05) is 37.3 Å². The Hall–Kier alpha value is -2.84. The molecule has 32 heavy (non-hydrogen) atoms. The van der Waals surface area contributed by atoms with E-state index in [4.69, 9.17) is 9.15 Å². The fraction of sp³-hybridized carbons (Fsp3) is 0.333. The zero-order valence-electron chi connectivity index (χ0n) is 18.5. The second-order valence-electron chi connectivity index (χ2n) is 7.64. The van der Waals surface area contributed by atoms with Crippen LogP contribution in [0.3, 0.4) is 0 Å². The molecule has 0 aliphatic carbocycles. The summed E-state index contributed by atoms with van der Waals surface area (Å²) in [7, 11) is 1.57. The Morgan fingerprint density at radius 2 is 1.84 bits per heavy atom. The molecule has 3 rings (SSSR count). The monoisotopic (exact) mass is 500 g/mol. The Morgan fingerprint density at radius 1 is 1.16 bits per heavy atom. The summed E-state index contributed by atoms with van der Waals surface area (Å²) in [6.45, 7) is 4.93. The average Bonchev–Trinajstić information content (AvgIpc) is 3.07. The van der Waals surface area contributed by atoms with E-state index >= 15 is 0 Å². The van der Waals surface area contributed by atoms with Gasteiger partial charge in [0.05, 0.1) is 23.4 Å². The minimum Gasteiger partial charge on any atom is -0.439 e. The summed E-state index contributed by atoms with van der Waals surface area (Å²) in [5, 5.41) is 3.42. The lowest BCUT2D eigenvalue weighted by Crippen LogP contribution is -2.17. The van der Waals surface area contributed by atoms with Crippen LogP contribution in [0.15, 0.2) is 39.2 Å². The molecule has 1 unspecified atom stereocenters. The Kier molecular flexibility index (Phi) is 7.58. The van der Waals surface area contributed by atoms with Crippen LogP contribution in [0, 0.1) is 6.92 Å². The Morgan fingerprint density at radius 3 is 2.44 bits per heavy atom. The topological polar surface area (TPSA) is 98.5 Å². The molecule has 3 aromatic rings. The number of Topliss-reactive ketones (excluding diaryl/α,β-unsaturated/α-hetero) is 2. The predicted molar refractivity (Wildman–Crippen MR) is 125 cm³/mol. The van der Waals surface area contributed by atoms with Crippen LogP contribution >= 0.6 is 15.9 Å². The van der Waals surface area contributed by atoms with Crippen LogP contribution in [0.2, 0.25) is 0 Å². The van der Waals surface area contributed by atoms with Crippen LogP contribution < -0.4 is 5.32 Å². The lowest BCUT2D eigenvalue weighted by Gasteiger charge is -2.16. The molecule has 1 aromatic carbocycles. The van der Waals surface area contributed by atoms with Crippen LogP contribution in [0.1, 0.15) is 55.2 Å². The molecule has 1 amide bonds. The zero-order valence-corrected chi connectivity index (χ0v) is 20.0. The minimum atomic E-state index is -0.805. The van der Waals surface area contributed by atoms with E-state index in [1.54, 1.807) is 7.11 Å². The van der Waals surface area contributed by atoms with E-state index in [1.165, 1.54) is 13.8 Å². The Bertz CT molecular complexity index is 1170. The van der Waals surface area contributed by atoms with Gasteiger partial charge < -0.3 is 19.3 Å². The zero-order chi connectivity index (χ0) is 23.4. The summed E-state index contributed by atoms with van der Waals surface area (Å²) in [4.78, 5) is 41.5. The maximum Gasteiger partial charge on any atom is 0.229 e. The van der Waals surface area contributed by atoms with Gasteiger partial charge in [-0.3, -0.25) is 9.59 Å². The number of halogens is 1. The van der Waals surface area contributed by atoms with E-state index in [-0.39, 0.29) is 42.7 Å². The number of aromatic nitrogens is 1. The quantitative estimate of drug-likeness (QED) is 0.440. The van der Waals surface area contributed by atoms with E-state index < -0.39 is 5.92 Å². The first-order valence-corrected chi connectivity index (χ1v) is 11.0. The van der Waals surface area contributed by atoms with Gasteiger partial charge in [0, 0.05) is 36.9 Å². The molecule has 0 fully saturated rings. The van der Waals surface area contributed by atoms with Gasteiger partial charge in [0.2, 0.25) is 11.6 Å². The molecule has 168 valence electrons. The van der Waals surface area contributed by atoms with Crippen LogP contribution in [0.5, 0.6) is 0 Å². The Labute approximate surface area is 194 Å². The van der Waals surface area contributed by atoms with Gasteiger partial charge in [-0.2, -0.15) is 0 Å².